The topological polar surface area (TPSA) is 93.4 Å². The van der Waals surface area contributed by atoms with E-state index in [1.54, 1.807) is 20.8 Å². The molecule has 0 radical (unpaired) electrons. The number of carboxylic acids is 1. The molecule has 2 N–H and O–H groups in total. The van der Waals surface area contributed by atoms with Crippen LogP contribution in [0, 0.1) is 20.8 Å². The number of thioether (sulfide) groups is 1. The van der Waals surface area contributed by atoms with Crippen molar-refractivity contribution in [3.05, 3.63) is 46.9 Å². The highest BCUT2D eigenvalue weighted by atomic mass is 32.2. The van der Waals surface area contributed by atoms with Crippen LogP contribution in [0.2, 0.25) is 0 Å². The summed E-state index contributed by atoms with van der Waals surface area (Å²) in [6, 6.07) is 7.24. The minimum Gasteiger partial charge on any atom is -0.480 e. The summed E-state index contributed by atoms with van der Waals surface area (Å²) in [7, 11) is 0. The number of hydrogen-bond acceptors (Lipinski definition) is 5. The van der Waals surface area contributed by atoms with Crippen LogP contribution in [0.15, 0.2) is 24.3 Å². The summed E-state index contributed by atoms with van der Waals surface area (Å²) in [5, 5.41) is 11.8. The predicted octanol–water partition coefficient (Wildman–Crippen LogP) is 4.05. The van der Waals surface area contributed by atoms with E-state index in [4.69, 9.17) is 9.72 Å². The van der Waals surface area contributed by atoms with E-state index in [1.807, 2.05) is 13.0 Å². The van der Waals surface area contributed by atoms with Gasteiger partial charge in [-0.1, -0.05) is 0 Å². The van der Waals surface area contributed by atoms with Gasteiger partial charge in [0.1, 0.15) is 17.5 Å². The quantitative estimate of drug-likeness (QED) is 0.610. The van der Waals surface area contributed by atoms with E-state index in [0.717, 1.165) is 28.5 Å². The monoisotopic (exact) mass is 433 g/mol. The number of aliphatic carboxylic acids is 1. The number of ether oxygens (including phenoxy) is 1. The summed E-state index contributed by atoms with van der Waals surface area (Å²) >= 11 is 1.46. The number of nitrogens with one attached hydrogen (secondary N) is 1. The molecule has 0 aromatic carbocycles. The lowest BCUT2D eigenvalue weighted by atomic mass is 10.2. The molecule has 0 aliphatic carbocycles. The first kappa shape index (κ1) is 23.8. The third-order valence-electron chi connectivity index (χ3n) is 4.29. The van der Waals surface area contributed by atoms with Crippen molar-refractivity contribution >= 4 is 23.8 Å². The third-order valence-corrected chi connectivity index (χ3v) is 5.35. The predicted molar refractivity (Wildman–Crippen MR) is 120 cm³/mol. The van der Waals surface area contributed by atoms with E-state index in [0.29, 0.717) is 12.2 Å². The molecule has 0 aliphatic heterocycles. The largest absolute Gasteiger partial charge is 0.480 e. The first-order valence-electron chi connectivity index (χ1n) is 9.89. The maximum absolute atomic E-state index is 11.9. The van der Waals surface area contributed by atoms with Crippen molar-refractivity contribution in [2.24, 2.45) is 0 Å². The van der Waals surface area contributed by atoms with E-state index < -0.39 is 23.7 Å². The molecular weight excluding hydrogens is 402 g/mol. The molecule has 0 fully saturated rings. The molecule has 1 amide bonds. The Balaban J connectivity index is 1.94. The van der Waals surface area contributed by atoms with Crippen molar-refractivity contribution < 1.29 is 19.4 Å². The average molecular weight is 434 g/mol. The van der Waals surface area contributed by atoms with Crippen molar-refractivity contribution in [1.29, 1.82) is 0 Å². The zero-order valence-electron chi connectivity index (χ0n) is 18.5. The molecule has 0 saturated carbocycles. The normalized spacial score (nSPS) is 12.5. The number of hydrogen-bond donors (Lipinski definition) is 2. The number of carbonyl (C=O) groups is 2. The van der Waals surface area contributed by atoms with E-state index in [-0.39, 0.29) is 5.75 Å². The van der Waals surface area contributed by atoms with Crippen LogP contribution in [0.5, 0.6) is 0 Å². The van der Waals surface area contributed by atoms with E-state index in [2.05, 4.69) is 41.9 Å². The van der Waals surface area contributed by atoms with Gasteiger partial charge in [0.15, 0.2) is 0 Å². The summed E-state index contributed by atoms with van der Waals surface area (Å²) < 4.78 is 7.26. The smallest absolute Gasteiger partial charge is 0.408 e. The SMILES string of the molecule is Cc1cc(CCSC[C@H](NC(=O)OC(C)(C)C)C(=O)O)nc(-n2c(C)ccc2C)c1. The van der Waals surface area contributed by atoms with E-state index in [9.17, 15) is 14.7 Å². The van der Waals surface area contributed by atoms with Crippen molar-refractivity contribution in [3.8, 4) is 5.82 Å². The number of nitrogens with zero attached hydrogens (tertiary/aromatic N) is 2. The fraction of sp³-hybridized carbons (Fsp3) is 0.500. The number of amides is 1. The molecule has 30 heavy (non-hydrogen) atoms. The standard InChI is InChI=1S/C22H31N3O4S/c1-14-11-17(23-19(12-14)25-15(2)7-8-16(25)3)9-10-30-13-18(20(26)27)24-21(28)29-22(4,5)6/h7-8,11-12,18H,9-10,13H2,1-6H3,(H,24,28)(H,26,27)/t18-/m0/s1. The summed E-state index contributed by atoms with van der Waals surface area (Å²) in [5.74, 6) is 0.760. The summed E-state index contributed by atoms with van der Waals surface area (Å²) in [6.07, 6.45) is -0.0183. The van der Waals surface area contributed by atoms with Gasteiger partial charge >= 0.3 is 12.1 Å². The molecule has 0 spiro atoms. The number of rotatable bonds is 8. The van der Waals surface area contributed by atoms with Gasteiger partial charge in [0.05, 0.1) is 0 Å². The van der Waals surface area contributed by atoms with Crippen LogP contribution < -0.4 is 5.32 Å². The number of pyridine rings is 1. The molecule has 0 aliphatic rings. The highest BCUT2D eigenvalue weighted by Gasteiger charge is 2.23. The summed E-state index contributed by atoms with van der Waals surface area (Å²) in [6.45, 7) is 11.3. The first-order chi connectivity index (χ1) is 14.0. The third kappa shape index (κ3) is 7.09. The minimum atomic E-state index is -1.08. The number of carboxylic acid groups (broad SMARTS) is 1. The molecule has 2 heterocycles. The van der Waals surface area contributed by atoms with Gasteiger partial charge in [-0.15, -0.1) is 0 Å². The van der Waals surface area contributed by atoms with Gasteiger partial charge in [0.2, 0.25) is 0 Å². The second-order valence-corrected chi connectivity index (χ2v) is 9.46. The number of carbonyl (C=O) groups excluding carboxylic acids is 1. The maximum Gasteiger partial charge on any atom is 0.408 e. The van der Waals surface area contributed by atoms with Gasteiger partial charge in [-0.2, -0.15) is 11.8 Å². The van der Waals surface area contributed by atoms with E-state index in [1.165, 1.54) is 11.8 Å². The number of aromatic nitrogens is 2. The van der Waals surface area contributed by atoms with Crippen molar-refractivity contribution in [1.82, 2.24) is 14.9 Å². The zero-order chi connectivity index (χ0) is 22.5. The Hall–Kier alpha value is -2.48. The molecule has 2 aromatic rings. The fourth-order valence-corrected chi connectivity index (χ4v) is 3.98. The second-order valence-electron chi connectivity index (χ2n) is 8.31. The van der Waals surface area contributed by atoms with Crippen LogP contribution >= 0.6 is 11.8 Å². The highest BCUT2D eigenvalue weighted by molar-refractivity contribution is 7.99. The van der Waals surface area contributed by atoms with Gasteiger partial charge in [-0.25, -0.2) is 14.6 Å². The van der Waals surface area contributed by atoms with E-state index >= 15 is 0 Å². The lowest BCUT2D eigenvalue weighted by Crippen LogP contribution is -2.45. The Morgan fingerprint density at radius 1 is 1.20 bits per heavy atom. The Bertz CT molecular complexity index is 883. The Labute approximate surface area is 182 Å². The molecule has 164 valence electrons. The van der Waals surface area contributed by atoms with Crippen molar-refractivity contribution in [2.75, 3.05) is 11.5 Å². The second kappa shape index (κ2) is 10.0. The van der Waals surface area contributed by atoms with Crippen LogP contribution in [-0.2, 0) is 16.0 Å². The summed E-state index contributed by atoms with van der Waals surface area (Å²) in [4.78, 5) is 28.1. The first-order valence-corrected chi connectivity index (χ1v) is 11.0. The number of alkyl carbamates (subject to hydrolysis) is 1. The zero-order valence-corrected chi connectivity index (χ0v) is 19.3. The van der Waals surface area contributed by atoms with Gasteiger partial charge in [0.25, 0.3) is 0 Å². The molecule has 7 nitrogen and oxygen atoms in total. The van der Waals surface area contributed by atoms with Crippen molar-refractivity contribution in [3.63, 3.8) is 0 Å². The van der Waals surface area contributed by atoms with Gasteiger partial charge in [-0.3, -0.25) is 0 Å². The number of aryl methyl sites for hydroxylation is 4. The molecule has 8 heteroatoms. The Kier molecular flexibility index (Phi) is 7.95. The highest BCUT2D eigenvalue weighted by Crippen LogP contribution is 2.18. The van der Waals surface area contributed by atoms with Crippen LogP contribution in [0.25, 0.3) is 5.82 Å². The van der Waals surface area contributed by atoms with Gasteiger partial charge in [0, 0.05) is 22.8 Å². The lowest BCUT2D eigenvalue weighted by Gasteiger charge is -2.21. The van der Waals surface area contributed by atoms with Gasteiger partial charge < -0.3 is 19.7 Å². The maximum atomic E-state index is 11.9. The van der Waals surface area contributed by atoms with Crippen LogP contribution in [0.3, 0.4) is 0 Å². The average Bonchev–Trinajstić information content (AvgIpc) is 2.93. The molecule has 2 aromatic heterocycles. The molecule has 0 saturated heterocycles. The minimum absolute atomic E-state index is 0.253. The van der Waals surface area contributed by atoms with Crippen LogP contribution in [-0.4, -0.2) is 49.9 Å². The lowest BCUT2D eigenvalue weighted by molar-refractivity contribution is -0.138. The molecule has 0 unspecified atom stereocenters. The fourth-order valence-electron chi connectivity index (χ4n) is 2.99. The van der Waals surface area contributed by atoms with Crippen molar-refractivity contribution in [2.45, 2.75) is 59.6 Å². The molecule has 0 bridgehead atoms. The Morgan fingerprint density at radius 2 is 1.83 bits per heavy atom. The van der Waals surface area contributed by atoms with Crippen LogP contribution in [0.4, 0.5) is 4.79 Å². The summed E-state index contributed by atoms with van der Waals surface area (Å²) in [5.41, 5.74) is 3.66. The molecular formula is C22H31N3O4S. The molecule has 1 atom stereocenters. The van der Waals surface area contributed by atoms with Gasteiger partial charge in [-0.05, 0) is 83.5 Å². The Morgan fingerprint density at radius 3 is 2.40 bits per heavy atom. The molecule has 2 rings (SSSR count). The van der Waals surface area contributed by atoms with Crippen LogP contribution in [0.1, 0.15) is 43.4 Å².